The molecule has 2 aromatic carbocycles. The molecule has 1 amide bonds. The first kappa shape index (κ1) is 18.4. The Hall–Kier alpha value is -2.42. The second kappa shape index (κ2) is 8.79. The Morgan fingerprint density at radius 1 is 1.23 bits per heavy atom. The van der Waals surface area contributed by atoms with Crippen molar-refractivity contribution in [2.75, 3.05) is 5.75 Å². The van der Waals surface area contributed by atoms with Crippen LogP contribution < -0.4 is 5.43 Å². The Kier molecular flexibility index (Phi) is 6.21. The van der Waals surface area contributed by atoms with Gasteiger partial charge in [0.05, 0.1) is 22.7 Å². The third-order valence-electron chi connectivity index (χ3n) is 3.13. The number of tetrazole rings is 1. The van der Waals surface area contributed by atoms with E-state index in [1.165, 1.54) is 18.0 Å². The van der Waals surface area contributed by atoms with Crippen LogP contribution in [0.25, 0.3) is 5.69 Å². The van der Waals surface area contributed by atoms with Crippen LogP contribution in [0.15, 0.2) is 58.8 Å². The summed E-state index contributed by atoms with van der Waals surface area (Å²) in [6.07, 6.45) is 1.45. The molecule has 3 rings (SSSR count). The average molecular weight is 407 g/mol. The maximum atomic E-state index is 11.9. The highest BCUT2D eigenvalue weighted by molar-refractivity contribution is 7.99. The first-order valence-electron chi connectivity index (χ1n) is 7.37. The first-order chi connectivity index (χ1) is 12.6. The number of nitrogens with zero attached hydrogens (tertiary/aromatic N) is 5. The number of carbonyl (C=O) groups excluding carboxylic acids is 1. The molecule has 10 heteroatoms. The first-order valence-corrected chi connectivity index (χ1v) is 9.11. The van der Waals surface area contributed by atoms with Gasteiger partial charge in [0.2, 0.25) is 5.16 Å². The van der Waals surface area contributed by atoms with Gasteiger partial charge in [-0.25, -0.2) is 5.43 Å². The van der Waals surface area contributed by atoms with Crippen molar-refractivity contribution in [1.82, 2.24) is 25.6 Å². The minimum Gasteiger partial charge on any atom is -0.272 e. The summed E-state index contributed by atoms with van der Waals surface area (Å²) in [7, 11) is 0. The highest BCUT2D eigenvalue weighted by Gasteiger charge is 2.11. The van der Waals surface area contributed by atoms with E-state index < -0.39 is 0 Å². The molecule has 0 aliphatic heterocycles. The molecule has 0 spiro atoms. The maximum absolute atomic E-state index is 11.9. The number of carbonyl (C=O) groups is 1. The van der Waals surface area contributed by atoms with Crippen LogP contribution in [-0.2, 0) is 4.79 Å². The van der Waals surface area contributed by atoms with Crippen molar-refractivity contribution in [2.45, 2.75) is 5.16 Å². The SMILES string of the molecule is O=C(CSc1nnnn1-c1ccccc1)NN=Cc1ccc(Cl)cc1Cl. The Morgan fingerprint density at radius 3 is 2.81 bits per heavy atom. The largest absolute Gasteiger partial charge is 0.272 e. The third-order valence-corrected chi connectivity index (χ3v) is 4.61. The van der Waals surface area contributed by atoms with E-state index >= 15 is 0 Å². The van der Waals surface area contributed by atoms with Crippen LogP contribution in [-0.4, -0.2) is 38.1 Å². The van der Waals surface area contributed by atoms with Gasteiger partial charge in [0.1, 0.15) is 0 Å². The zero-order chi connectivity index (χ0) is 18.4. The van der Waals surface area contributed by atoms with E-state index in [1.54, 1.807) is 22.9 Å². The van der Waals surface area contributed by atoms with Crippen molar-refractivity contribution in [2.24, 2.45) is 5.10 Å². The van der Waals surface area contributed by atoms with Crippen molar-refractivity contribution in [1.29, 1.82) is 0 Å². The summed E-state index contributed by atoms with van der Waals surface area (Å²) in [5.41, 5.74) is 3.90. The van der Waals surface area contributed by atoms with Gasteiger partial charge >= 0.3 is 0 Å². The van der Waals surface area contributed by atoms with Gasteiger partial charge in [-0.15, -0.1) is 5.10 Å². The van der Waals surface area contributed by atoms with Crippen LogP contribution in [0, 0.1) is 0 Å². The smallest absolute Gasteiger partial charge is 0.250 e. The number of hydrazone groups is 1. The van der Waals surface area contributed by atoms with Crippen molar-refractivity contribution >= 4 is 47.1 Å². The number of para-hydroxylation sites is 1. The van der Waals surface area contributed by atoms with Crippen molar-refractivity contribution in [3.8, 4) is 5.69 Å². The molecule has 0 saturated heterocycles. The number of nitrogens with one attached hydrogen (secondary N) is 1. The summed E-state index contributed by atoms with van der Waals surface area (Å²) >= 11 is 13.1. The Bertz CT molecular complexity index is 931. The minimum atomic E-state index is -0.293. The second-order valence-corrected chi connectivity index (χ2v) is 6.74. The number of rotatable bonds is 6. The lowest BCUT2D eigenvalue weighted by molar-refractivity contribution is -0.118. The molecule has 7 nitrogen and oxygen atoms in total. The minimum absolute atomic E-state index is 0.110. The van der Waals surface area contributed by atoms with Gasteiger partial charge < -0.3 is 0 Å². The predicted octanol–water partition coefficient (Wildman–Crippen LogP) is 3.21. The van der Waals surface area contributed by atoms with Gasteiger partial charge in [0.15, 0.2) is 0 Å². The van der Waals surface area contributed by atoms with Crippen molar-refractivity contribution in [3.05, 3.63) is 64.1 Å². The van der Waals surface area contributed by atoms with E-state index in [0.717, 1.165) is 5.69 Å². The standard InChI is InChI=1S/C16H12Cl2N6OS/c17-12-7-6-11(14(18)8-12)9-19-20-15(25)10-26-16-21-22-23-24(16)13-4-2-1-3-5-13/h1-9H,10H2,(H,20,25). The highest BCUT2D eigenvalue weighted by atomic mass is 35.5. The van der Waals surface area contributed by atoms with Crippen molar-refractivity contribution in [3.63, 3.8) is 0 Å². The number of hydrogen-bond acceptors (Lipinski definition) is 6. The van der Waals surface area contributed by atoms with Crippen LogP contribution >= 0.6 is 35.0 Å². The van der Waals surface area contributed by atoms with E-state index in [1.807, 2.05) is 30.3 Å². The van der Waals surface area contributed by atoms with Gasteiger partial charge in [-0.2, -0.15) is 9.78 Å². The van der Waals surface area contributed by atoms with Crippen LogP contribution in [0.1, 0.15) is 5.56 Å². The molecule has 0 fully saturated rings. The summed E-state index contributed by atoms with van der Waals surface area (Å²) in [4.78, 5) is 11.9. The fraction of sp³-hybridized carbons (Fsp3) is 0.0625. The Morgan fingerprint density at radius 2 is 2.04 bits per heavy atom. The molecule has 1 aromatic heterocycles. The van der Waals surface area contributed by atoms with Crippen LogP contribution in [0.5, 0.6) is 0 Å². The van der Waals surface area contributed by atoms with E-state index in [9.17, 15) is 4.79 Å². The molecule has 0 aliphatic carbocycles. The lowest BCUT2D eigenvalue weighted by Gasteiger charge is -2.03. The number of halogens is 2. The Balaban J connectivity index is 1.55. The summed E-state index contributed by atoms with van der Waals surface area (Å²) in [6, 6.07) is 14.4. The molecule has 3 aromatic rings. The fourth-order valence-electron chi connectivity index (χ4n) is 1.94. The fourth-order valence-corrected chi connectivity index (χ4v) is 3.08. The van der Waals surface area contributed by atoms with E-state index in [0.29, 0.717) is 20.8 Å². The lowest BCUT2D eigenvalue weighted by Crippen LogP contribution is -2.20. The predicted molar refractivity (Wildman–Crippen MR) is 102 cm³/mol. The second-order valence-electron chi connectivity index (χ2n) is 4.96. The number of amides is 1. The van der Waals surface area contributed by atoms with Gasteiger partial charge in [-0.3, -0.25) is 4.79 Å². The molecule has 0 unspecified atom stereocenters. The third kappa shape index (κ3) is 4.81. The van der Waals surface area contributed by atoms with Gasteiger partial charge in [0, 0.05) is 10.6 Å². The normalized spacial score (nSPS) is 11.0. The van der Waals surface area contributed by atoms with Crippen molar-refractivity contribution < 1.29 is 4.79 Å². The quantitative estimate of drug-likeness (QED) is 0.385. The van der Waals surface area contributed by atoms with E-state index in [4.69, 9.17) is 23.2 Å². The van der Waals surface area contributed by atoms with Gasteiger partial charge in [-0.1, -0.05) is 59.2 Å². The van der Waals surface area contributed by atoms with Gasteiger partial charge in [-0.05, 0) is 34.7 Å². The topological polar surface area (TPSA) is 85.1 Å². The molecular weight excluding hydrogens is 395 g/mol. The average Bonchev–Trinajstić information content (AvgIpc) is 3.11. The van der Waals surface area contributed by atoms with Crippen LogP contribution in [0.2, 0.25) is 10.0 Å². The molecule has 26 heavy (non-hydrogen) atoms. The van der Waals surface area contributed by atoms with Crippen LogP contribution in [0.3, 0.4) is 0 Å². The molecule has 132 valence electrons. The van der Waals surface area contributed by atoms with E-state index in [2.05, 4.69) is 26.1 Å². The summed E-state index contributed by atoms with van der Waals surface area (Å²) < 4.78 is 1.56. The number of thioether (sulfide) groups is 1. The number of aromatic nitrogens is 4. The maximum Gasteiger partial charge on any atom is 0.250 e. The molecule has 0 bridgehead atoms. The molecule has 0 radical (unpaired) electrons. The highest BCUT2D eigenvalue weighted by Crippen LogP contribution is 2.19. The number of benzene rings is 2. The Labute approximate surface area is 163 Å². The zero-order valence-electron chi connectivity index (χ0n) is 13.2. The molecule has 1 heterocycles. The number of hydrogen-bond donors (Lipinski definition) is 1. The monoisotopic (exact) mass is 406 g/mol. The zero-order valence-corrected chi connectivity index (χ0v) is 15.5. The molecule has 0 saturated carbocycles. The van der Waals surface area contributed by atoms with Gasteiger partial charge in [0.25, 0.3) is 5.91 Å². The summed E-state index contributed by atoms with van der Waals surface area (Å²) in [6.45, 7) is 0. The lowest BCUT2D eigenvalue weighted by atomic mass is 10.2. The molecular formula is C16H12Cl2N6OS. The van der Waals surface area contributed by atoms with Crippen LogP contribution in [0.4, 0.5) is 0 Å². The van der Waals surface area contributed by atoms with E-state index in [-0.39, 0.29) is 11.7 Å². The molecule has 0 atom stereocenters. The summed E-state index contributed by atoms with van der Waals surface area (Å²) in [5.74, 6) is -0.183. The summed E-state index contributed by atoms with van der Waals surface area (Å²) in [5, 5.41) is 16.9. The molecule has 0 aliphatic rings. The molecule has 1 N–H and O–H groups in total.